The number of carbonyl (C=O) groups is 6. The highest BCUT2D eigenvalue weighted by molar-refractivity contribution is 5.97. The first-order chi connectivity index (χ1) is 30.5. The van der Waals surface area contributed by atoms with Gasteiger partial charge in [0.25, 0.3) is 0 Å². The Kier molecular flexibility index (Phi) is 15.4. The van der Waals surface area contributed by atoms with Gasteiger partial charge >= 0.3 is 0 Å². The third-order valence-electron chi connectivity index (χ3n) is 13.4. The van der Waals surface area contributed by atoms with Gasteiger partial charge in [-0.3, -0.25) is 33.3 Å². The van der Waals surface area contributed by atoms with Crippen LogP contribution >= 0.6 is 0 Å². The molecule has 7 rings (SSSR count). The Bertz CT molecular complexity index is 2130. The van der Waals surface area contributed by atoms with Crippen LogP contribution in [0.25, 0.3) is 10.9 Å². The molecule has 1 aromatic carbocycles. The number of aromatic nitrogens is 3. The van der Waals surface area contributed by atoms with Crippen molar-refractivity contribution in [2.75, 3.05) is 13.1 Å². The molecule has 2 aliphatic carbocycles. The number of fused-ring (bicyclic) bond motifs is 1. The highest BCUT2D eigenvalue weighted by Crippen LogP contribution is 2.37. The number of H-pyrrole nitrogens is 1. The minimum absolute atomic E-state index is 0.00870. The molecule has 1 saturated carbocycles. The fraction of sp³-hybridized carbons (Fsp3) is 0.553. The molecule has 8 N–H and O–H groups in total. The van der Waals surface area contributed by atoms with E-state index in [1.807, 2.05) is 24.3 Å². The molecule has 63 heavy (non-hydrogen) atoms. The second kappa shape index (κ2) is 21.3. The zero-order valence-electron chi connectivity index (χ0n) is 36.2. The molecule has 2 aliphatic heterocycles. The third-order valence-corrected chi connectivity index (χ3v) is 13.4. The monoisotopic (exact) mass is 865 g/mol. The van der Waals surface area contributed by atoms with Crippen molar-refractivity contribution in [3.8, 4) is 0 Å². The van der Waals surface area contributed by atoms with Crippen molar-refractivity contribution in [2.24, 2.45) is 11.3 Å². The van der Waals surface area contributed by atoms with Crippen molar-refractivity contribution in [1.82, 2.24) is 46.4 Å². The highest BCUT2D eigenvalue weighted by Gasteiger charge is 2.45. The number of benzene rings is 1. The maximum Gasteiger partial charge on any atom is 0.243 e. The summed E-state index contributed by atoms with van der Waals surface area (Å²) in [6.45, 7) is 2.76. The van der Waals surface area contributed by atoms with Gasteiger partial charge in [0.2, 0.25) is 30.0 Å². The molecule has 8 atom stereocenters. The largest absolute Gasteiger partial charge is 0.389 e. The number of aromatic amines is 1. The van der Waals surface area contributed by atoms with Gasteiger partial charge < -0.3 is 42.0 Å². The third kappa shape index (κ3) is 11.4. The summed E-state index contributed by atoms with van der Waals surface area (Å²) in [5.41, 5.74) is 0.658. The molecule has 4 heterocycles. The molecular weight excluding hydrogens is 803 g/mol. The molecule has 4 unspecified atom stereocenters. The predicted molar refractivity (Wildman–Crippen MR) is 238 cm³/mol. The summed E-state index contributed by atoms with van der Waals surface area (Å²) in [6, 6.07) is 2.34. The molecule has 16 nitrogen and oxygen atoms in total. The van der Waals surface area contributed by atoms with Gasteiger partial charge in [-0.05, 0) is 75.6 Å². The SMILES string of the molecule is CC(=O)N[C@@H](Cc1cn(C=O)c2ccccc12)C(=O)N[C@@H](CC1(C(=O)[C@@H]2CCCN2)C=CC=CC1)C(=O)N[C@@H](Cc1cnc[nH]1)C(=O)NC(CC1CCCCC1)C(O)C1CCCN1. The van der Waals surface area contributed by atoms with Crippen LogP contribution in [0.4, 0.5) is 0 Å². The first kappa shape index (κ1) is 45.6. The van der Waals surface area contributed by atoms with Crippen molar-refractivity contribution in [3.05, 3.63) is 78.5 Å². The average Bonchev–Trinajstić information content (AvgIpc) is 4.15. The molecule has 3 aromatic rings. The van der Waals surface area contributed by atoms with E-state index in [0.29, 0.717) is 48.5 Å². The number of hydrogen-bond acceptors (Lipinski definition) is 10. The number of hydrogen-bond donors (Lipinski definition) is 8. The van der Waals surface area contributed by atoms with E-state index >= 15 is 0 Å². The van der Waals surface area contributed by atoms with Crippen LogP contribution in [0, 0.1) is 11.3 Å². The van der Waals surface area contributed by atoms with Crippen LogP contribution < -0.4 is 31.9 Å². The minimum Gasteiger partial charge on any atom is -0.389 e. The summed E-state index contributed by atoms with van der Waals surface area (Å²) in [5, 5.41) is 30.9. The van der Waals surface area contributed by atoms with Gasteiger partial charge in [-0.25, -0.2) is 4.98 Å². The van der Waals surface area contributed by atoms with Crippen LogP contribution in [0.3, 0.4) is 0 Å². The fourth-order valence-corrected chi connectivity index (χ4v) is 10.1. The quantitative estimate of drug-likeness (QED) is 0.0775. The van der Waals surface area contributed by atoms with Crippen molar-refractivity contribution in [1.29, 1.82) is 0 Å². The minimum atomic E-state index is -1.35. The molecule has 2 aromatic heterocycles. The van der Waals surface area contributed by atoms with Gasteiger partial charge in [0.1, 0.15) is 18.1 Å². The molecule has 4 amide bonds. The van der Waals surface area contributed by atoms with Crippen LogP contribution in [0.15, 0.2) is 67.3 Å². The van der Waals surface area contributed by atoms with E-state index in [9.17, 15) is 33.9 Å². The second-order valence-electron chi connectivity index (χ2n) is 18.0. The maximum absolute atomic E-state index is 15.0. The average molecular weight is 866 g/mol. The molecule has 16 heteroatoms. The zero-order valence-corrected chi connectivity index (χ0v) is 36.2. The summed E-state index contributed by atoms with van der Waals surface area (Å²) in [7, 11) is 0. The number of rotatable bonds is 20. The number of Topliss-reactive ketones (excluding diaryl/α,β-unsaturated/α-hetero) is 1. The van der Waals surface area contributed by atoms with Crippen molar-refractivity contribution in [3.63, 3.8) is 0 Å². The molecule has 2 saturated heterocycles. The number of nitrogens with zero attached hydrogens (tertiary/aromatic N) is 2. The van der Waals surface area contributed by atoms with Gasteiger partial charge in [-0.15, -0.1) is 0 Å². The van der Waals surface area contributed by atoms with E-state index in [1.165, 1.54) is 24.2 Å². The number of nitrogens with one attached hydrogen (secondary N) is 7. The van der Waals surface area contributed by atoms with E-state index in [4.69, 9.17) is 0 Å². The topological polar surface area (TPSA) is 228 Å². The normalized spacial score (nSPS) is 23.7. The van der Waals surface area contributed by atoms with Gasteiger partial charge in [-0.1, -0.05) is 74.6 Å². The number of aliphatic hydroxyl groups excluding tert-OH is 1. The Balaban J connectivity index is 1.19. The summed E-state index contributed by atoms with van der Waals surface area (Å²) in [5.74, 6) is -2.11. The zero-order chi connectivity index (χ0) is 44.3. The lowest BCUT2D eigenvalue weighted by Gasteiger charge is -2.36. The number of allylic oxidation sites excluding steroid dienone is 4. The summed E-state index contributed by atoms with van der Waals surface area (Å²) in [6.07, 6.45) is 21.1. The summed E-state index contributed by atoms with van der Waals surface area (Å²) in [4.78, 5) is 90.3. The molecule has 4 aliphatic rings. The van der Waals surface area contributed by atoms with Gasteiger partial charge in [0.15, 0.2) is 5.78 Å². The van der Waals surface area contributed by atoms with Crippen LogP contribution in [-0.4, -0.2) is 111 Å². The van der Waals surface area contributed by atoms with E-state index < -0.39 is 65.4 Å². The molecular formula is C47H63N9O7. The van der Waals surface area contributed by atoms with Crippen LogP contribution in [0.5, 0.6) is 0 Å². The molecule has 3 fully saturated rings. The lowest BCUT2D eigenvalue weighted by atomic mass is 9.70. The Morgan fingerprint density at radius 3 is 2.29 bits per heavy atom. The van der Waals surface area contributed by atoms with Crippen LogP contribution in [0.2, 0.25) is 0 Å². The molecule has 0 spiro atoms. The Morgan fingerprint density at radius 2 is 1.60 bits per heavy atom. The van der Waals surface area contributed by atoms with Crippen molar-refractivity contribution in [2.45, 2.75) is 139 Å². The smallest absolute Gasteiger partial charge is 0.243 e. The second-order valence-corrected chi connectivity index (χ2v) is 18.0. The highest BCUT2D eigenvalue weighted by atomic mass is 16.3. The maximum atomic E-state index is 15.0. The lowest BCUT2D eigenvalue weighted by molar-refractivity contribution is -0.136. The Labute approximate surface area is 368 Å². The number of ketones is 1. The first-order valence-corrected chi connectivity index (χ1v) is 22.8. The van der Waals surface area contributed by atoms with E-state index in [1.54, 1.807) is 36.7 Å². The number of imidazole rings is 1. The molecule has 0 radical (unpaired) electrons. The fourth-order valence-electron chi connectivity index (χ4n) is 10.1. The predicted octanol–water partition coefficient (Wildman–Crippen LogP) is 2.44. The lowest BCUT2D eigenvalue weighted by Crippen LogP contribution is -2.60. The van der Waals surface area contributed by atoms with E-state index in [-0.39, 0.29) is 37.5 Å². The van der Waals surface area contributed by atoms with Gasteiger partial charge in [-0.2, -0.15) is 0 Å². The van der Waals surface area contributed by atoms with Gasteiger partial charge in [0.05, 0.1) is 35.4 Å². The number of carbonyl (C=O) groups excluding carboxylic acids is 6. The summed E-state index contributed by atoms with van der Waals surface area (Å²) >= 11 is 0. The van der Waals surface area contributed by atoms with E-state index in [2.05, 4.69) is 41.9 Å². The number of aliphatic hydroxyl groups is 1. The number of amides is 4. The van der Waals surface area contributed by atoms with Gasteiger partial charge in [0, 0.05) is 49.3 Å². The van der Waals surface area contributed by atoms with Crippen LogP contribution in [-0.2, 0) is 41.6 Å². The van der Waals surface area contributed by atoms with Crippen molar-refractivity contribution >= 4 is 46.7 Å². The Hall–Kier alpha value is -5.45. The standard InChI is InChI=1S/C47H63N9O7/c1-30(58)52-38(23-32-27-56(29-57)41-17-7-6-14-34(32)41)44(61)55-40(25-47(18-8-3-9-19-47)43(60)36-16-11-21-50-36)46(63)54-39(24-33-26-48-28-51-33)45(62)53-37(22-31-12-4-2-5-13-31)42(59)35-15-10-20-49-35/h3,6-9,14,17-18,26-29,31,35-40,42,49-50,59H,2,4-5,10-13,15-16,19-25H2,1H3,(H,48,51)(H,52,58)(H,53,62)(H,54,63)(H,55,61)/t35?,36-,37?,38-,39-,40-,42?,47?/m0/s1. The van der Waals surface area contributed by atoms with E-state index in [0.717, 1.165) is 56.9 Å². The summed E-state index contributed by atoms with van der Waals surface area (Å²) < 4.78 is 1.41. The first-order valence-electron chi connectivity index (χ1n) is 22.8. The molecule has 0 bridgehead atoms. The van der Waals surface area contributed by atoms with Crippen molar-refractivity contribution < 1.29 is 33.9 Å². The Morgan fingerprint density at radius 1 is 0.873 bits per heavy atom. The number of para-hydroxylation sites is 1. The molecule has 338 valence electrons. The van der Waals surface area contributed by atoms with Crippen LogP contribution in [0.1, 0.15) is 95.2 Å².